The van der Waals surface area contributed by atoms with Gasteiger partial charge in [-0.3, -0.25) is 4.79 Å². The van der Waals surface area contributed by atoms with Gasteiger partial charge in [0.15, 0.2) is 0 Å². The van der Waals surface area contributed by atoms with Crippen molar-refractivity contribution in [3.05, 3.63) is 30.2 Å². The second-order valence-electron chi connectivity index (χ2n) is 6.88. The normalized spacial score (nSPS) is 21.4. The number of hydrogen-bond donors (Lipinski definition) is 1. The molecular weight excluding hydrogens is 403 g/mol. The van der Waals surface area contributed by atoms with Crippen LogP contribution in [-0.2, 0) is 19.6 Å². The molecule has 0 spiro atoms. The van der Waals surface area contributed by atoms with Gasteiger partial charge in [-0.05, 0) is 12.5 Å². The van der Waals surface area contributed by atoms with Crippen molar-refractivity contribution in [3.63, 3.8) is 0 Å². The third-order valence-corrected chi connectivity index (χ3v) is 6.84. The van der Waals surface area contributed by atoms with E-state index in [1.807, 2.05) is 0 Å². The molecule has 1 aromatic rings. The van der Waals surface area contributed by atoms with Crippen LogP contribution in [0.2, 0.25) is 0 Å². The lowest BCUT2D eigenvalue weighted by molar-refractivity contribution is -0.139. The highest BCUT2D eigenvalue weighted by atomic mass is 32.2. The minimum Gasteiger partial charge on any atom is -0.473 e. The van der Waals surface area contributed by atoms with E-state index in [2.05, 4.69) is 4.98 Å². The molecule has 29 heavy (non-hydrogen) atoms. The van der Waals surface area contributed by atoms with Crippen molar-refractivity contribution in [2.75, 3.05) is 52.5 Å². The molecule has 0 bridgehead atoms. The average molecular weight is 428 g/mol. The lowest BCUT2D eigenvalue weighted by atomic mass is 10.1. The number of sulfonamides is 1. The van der Waals surface area contributed by atoms with E-state index in [0.717, 1.165) is 0 Å². The van der Waals surface area contributed by atoms with Gasteiger partial charge in [-0.1, -0.05) is 0 Å². The molecular formula is C18H25FN4O5S. The zero-order valence-corrected chi connectivity index (χ0v) is 16.8. The van der Waals surface area contributed by atoms with Gasteiger partial charge in [-0.25, -0.2) is 17.8 Å². The Labute approximate surface area is 169 Å². The third kappa shape index (κ3) is 5.10. The molecule has 0 unspecified atom stereocenters. The first-order chi connectivity index (χ1) is 14.0. The summed E-state index contributed by atoms with van der Waals surface area (Å²) in [5.74, 6) is -0.205. The molecule has 1 atom stereocenters. The van der Waals surface area contributed by atoms with Gasteiger partial charge < -0.3 is 20.1 Å². The summed E-state index contributed by atoms with van der Waals surface area (Å²) in [6, 6.07) is 2.79. The van der Waals surface area contributed by atoms with Crippen LogP contribution in [0.25, 0.3) is 0 Å². The maximum absolute atomic E-state index is 12.9. The first-order valence-corrected chi connectivity index (χ1v) is 10.8. The summed E-state index contributed by atoms with van der Waals surface area (Å²) < 4.78 is 50.1. The molecule has 0 saturated carbocycles. The first kappa shape index (κ1) is 21.6. The quantitative estimate of drug-likeness (QED) is 0.657. The monoisotopic (exact) mass is 428 g/mol. The molecule has 160 valence electrons. The Morgan fingerprint density at radius 1 is 1.34 bits per heavy atom. The molecule has 2 saturated heterocycles. The number of ether oxygens (including phenoxy) is 2. The Balaban J connectivity index is 1.61. The van der Waals surface area contributed by atoms with Crippen LogP contribution in [0.3, 0.4) is 0 Å². The third-order valence-electron chi connectivity index (χ3n) is 4.99. The lowest BCUT2D eigenvalue weighted by Gasteiger charge is -2.29. The van der Waals surface area contributed by atoms with E-state index in [4.69, 9.17) is 15.2 Å². The van der Waals surface area contributed by atoms with Crippen molar-refractivity contribution in [2.45, 2.75) is 11.3 Å². The number of halogens is 1. The number of carbonyl (C=O) groups is 1. The summed E-state index contributed by atoms with van der Waals surface area (Å²) in [7, 11) is -3.76. The molecule has 0 radical (unpaired) electrons. The van der Waals surface area contributed by atoms with E-state index >= 15 is 0 Å². The number of carbonyl (C=O) groups excluding carboxylic acids is 1. The lowest BCUT2D eigenvalue weighted by Crippen LogP contribution is -2.44. The molecule has 9 nitrogen and oxygen atoms in total. The standard InChI is InChI=1S/C18H25FN4O5S/c19-9-14(10-20)13-28-17-2-1-16(11-21-17)29(25,26)23-4-3-15(12-23)18(24)22-5-7-27-8-6-22/h1-2,9,11,15H,3-8,10,12-13,20H2/b14-9+/t15-/m0/s1. The van der Waals surface area contributed by atoms with Gasteiger partial charge in [0.05, 0.1) is 31.7 Å². The van der Waals surface area contributed by atoms with Crippen LogP contribution in [0.15, 0.2) is 35.1 Å². The van der Waals surface area contributed by atoms with Gasteiger partial charge in [-0.15, -0.1) is 0 Å². The predicted molar refractivity (Wildman–Crippen MR) is 102 cm³/mol. The number of morpholine rings is 1. The summed E-state index contributed by atoms with van der Waals surface area (Å²) in [6.07, 6.45) is 2.06. The topological polar surface area (TPSA) is 115 Å². The van der Waals surface area contributed by atoms with Crippen LogP contribution < -0.4 is 10.5 Å². The molecule has 11 heteroatoms. The summed E-state index contributed by atoms with van der Waals surface area (Å²) in [6.45, 7) is 2.48. The molecule has 1 amide bonds. The van der Waals surface area contributed by atoms with Gasteiger partial charge in [0.2, 0.25) is 21.8 Å². The highest BCUT2D eigenvalue weighted by Gasteiger charge is 2.37. The van der Waals surface area contributed by atoms with Crippen molar-refractivity contribution in [1.82, 2.24) is 14.2 Å². The van der Waals surface area contributed by atoms with E-state index in [-0.39, 0.29) is 54.4 Å². The maximum atomic E-state index is 12.9. The average Bonchev–Trinajstić information content (AvgIpc) is 3.26. The highest BCUT2D eigenvalue weighted by molar-refractivity contribution is 7.89. The SMILES string of the molecule is NC/C(=C\F)COc1ccc(S(=O)(=O)N2CC[C@H](C(=O)N3CCOCC3)C2)cn1. The van der Waals surface area contributed by atoms with E-state index in [1.54, 1.807) is 4.90 Å². The van der Waals surface area contributed by atoms with E-state index in [9.17, 15) is 17.6 Å². The second kappa shape index (κ2) is 9.61. The zero-order chi connectivity index (χ0) is 20.9. The Morgan fingerprint density at radius 2 is 2.10 bits per heavy atom. The maximum Gasteiger partial charge on any atom is 0.244 e. The smallest absolute Gasteiger partial charge is 0.244 e. The fourth-order valence-corrected chi connectivity index (χ4v) is 4.69. The van der Waals surface area contributed by atoms with Crippen LogP contribution in [0.1, 0.15) is 6.42 Å². The Hall–Kier alpha value is -2.08. The number of aromatic nitrogens is 1. The number of hydrogen-bond acceptors (Lipinski definition) is 7. The zero-order valence-electron chi connectivity index (χ0n) is 16.0. The number of rotatable bonds is 7. The number of pyridine rings is 1. The molecule has 0 aromatic carbocycles. The largest absolute Gasteiger partial charge is 0.473 e. The molecule has 2 aliphatic heterocycles. The summed E-state index contributed by atoms with van der Waals surface area (Å²) >= 11 is 0. The Morgan fingerprint density at radius 3 is 2.72 bits per heavy atom. The van der Waals surface area contributed by atoms with Gasteiger partial charge >= 0.3 is 0 Å². The highest BCUT2D eigenvalue weighted by Crippen LogP contribution is 2.26. The predicted octanol–water partition coefficient (Wildman–Crippen LogP) is 0.142. The Kier molecular flexibility index (Phi) is 7.17. The fourth-order valence-electron chi connectivity index (χ4n) is 3.25. The number of amides is 1. The summed E-state index contributed by atoms with van der Waals surface area (Å²) in [5.41, 5.74) is 5.61. The van der Waals surface area contributed by atoms with Crippen molar-refractivity contribution in [2.24, 2.45) is 11.7 Å². The van der Waals surface area contributed by atoms with Crippen LogP contribution >= 0.6 is 0 Å². The molecule has 1 aromatic heterocycles. The van der Waals surface area contributed by atoms with Gasteiger partial charge in [0, 0.05) is 44.4 Å². The molecule has 3 rings (SSSR count). The molecule has 2 fully saturated rings. The van der Waals surface area contributed by atoms with E-state index in [0.29, 0.717) is 39.1 Å². The minimum atomic E-state index is -3.76. The van der Waals surface area contributed by atoms with Crippen LogP contribution in [0, 0.1) is 5.92 Å². The first-order valence-electron chi connectivity index (χ1n) is 9.39. The molecule has 3 heterocycles. The Bertz CT molecular complexity index is 840. The van der Waals surface area contributed by atoms with Gasteiger partial charge in [0.25, 0.3) is 0 Å². The number of nitrogens with two attached hydrogens (primary N) is 1. The summed E-state index contributed by atoms with van der Waals surface area (Å²) in [4.78, 5) is 18.3. The molecule has 2 aliphatic rings. The molecule has 0 aliphatic carbocycles. The molecule has 2 N–H and O–H groups in total. The van der Waals surface area contributed by atoms with Crippen LogP contribution in [-0.4, -0.2) is 81.1 Å². The van der Waals surface area contributed by atoms with Crippen LogP contribution in [0.4, 0.5) is 4.39 Å². The fraction of sp³-hybridized carbons (Fsp3) is 0.556. The summed E-state index contributed by atoms with van der Waals surface area (Å²) in [5, 5.41) is 0. The second-order valence-corrected chi connectivity index (χ2v) is 8.82. The number of nitrogens with zero attached hydrogens (tertiary/aromatic N) is 3. The van der Waals surface area contributed by atoms with Crippen molar-refractivity contribution in [1.29, 1.82) is 0 Å². The van der Waals surface area contributed by atoms with Gasteiger partial charge in [-0.2, -0.15) is 4.31 Å². The van der Waals surface area contributed by atoms with Crippen molar-refractivity contribution in [3.8, 4) is 5.88 Å². The van der Waals surface area contributed by atoms with Crippen LogP contribution in [0.5, 0.6) is 5.88 Å². The van der Waals surface area contributed by atoms with Crippen molar-refractivity contribution >= 4 is 15.9 Å². The minimum absolute atomic E-state index is 0.0161. The van der Waals surface area contributed by atoms with E-state index in [1.165, 1.54) is 22.6 Å². The van der Waals surface area contributed by atoms with E-state index < -0.39 is 10.0 Å². The van der Waals surface area contributed by atoms with Gasteiger partial charge in [0.1, 0.15) is 11.5 Å². The van der Waals surface area contributed by atoms with Crippen molar-refractivity contribution < 1.29 is 27.1 Å².